The van der Waals surface area contributed by atoms with Crippen LogP contribution < -0.4 is 14.2 Å². The van der Waals surface area contributed by atoms with Gasteiger partial charge in [-0.05, 0) is 80.7 Å². The molecule has 1 N–H and O–H groups in total. The van der Waals surface area contributed by atoms with Crippen molar-refractivity contribution in [1.29, 1.82) is 0 Å². The third kappa shape index (κ3) is 8.03. The van der Waals surface area contributed by atoms with E-state index in [-0.39, 0.29) is 11.3 Å². The molecule has 0 aromatic heterocycles. The maximum absolute atomic E-state index is 13.5. The predicted molar refractivity (Wildman–Crippen MR) is 162 cm³/mol. The minimum absolute atomic E-state index is 0.0627. The highest BCUT2D eigenvalue weighted by molar-refractivity contribution is 6.46. The van der Waals surface area contributed by atoms with Crippen molar-refractivity contribution in [2.45, 2.75) is 60.4 Å². The molecule has 1 saturated heterocycles. The third-order valence-corrected chi connectivity index (χ3v) is 7.23. The van der Waals surface area contributed by atoms with Gasteiger partial charge in [0.2, 0.25) is 0 Å². The number of nitrogens with zero attached hydrogens (tertiary/aromatic N) is 2. The van der Waals surface area contributed by atoms with Crippen LogP contribution in [0.25, 0.3) is 5.76 Å². The summed E-state index contributed by atoms with van der Waals surface area (Å²) >= 11 is 0. The number of ketones is 1. The molecule has 0 saturated carbocycles. The fraction of sp³-hybridized carbons (Fsp3) is 0.515. The van der Waals surface area contributed by atoms with Gasteiger partial charge in [-0.15, -0.1) is 0 Å². The maximum Gasteiger partial charge on any atom is 0.295 e. The van der Waals surface area contributed by atoms with Gasteiger partial charge in [-0.25, -0.2) is 0 Å². The van der Waals surface area contributed by atoms with Crippen LogP contribution in [0, 0.1) is 5.92 Å². The predicted octanol–water partition coefficient (Wildman–Crippen LogP) is 6.06. The lowest BCUT2D eigenvalue weighted by atomic mass is 9.95. The summed E-state index contributed by atoms with van der Waals surface area (Å²) in [6, 6.07) is 11.7. The third-order valence-electron chi connectivity index (χ3n) is 7.23. The Kier molecular flexibility index (Phi) is 12.1. The molecule has 0 spiro atoms. The van der Waals surface area contributed by atoms with Crippen LogP contribution in [0.4, 0.5) is 0 Å². The van der Waals surface area contributed by atoms with Gasteiger partial charge in [0.25, 0.3) is 11.7 Å². The Morgan fingerprint density at radius 2 is 1.63 bits per heavy atom. The number of Topliss-reactive ketones (excluding diaryl/α,β-unsaturated/α-hetero) is 1. The van der Waals surface area contributed by atoms with Crippen LogP contribution in [0.3, 0.4) is 0 Å². The Labute approximate surface area is 244 Å². The highest BCUT2D eigenvalue weighted by Gasteiger charge is 2.46. The van der Waals surface area contributed by atoms with Crippen LogP contribution in [0.15, 0.2) is 48.0 Å². The normalized spacial score (nSPS) is 16.6. The van der Waals surface area contributed by atoms with Crippen molar-refractivity contribution < 1.29 is 28.9 Å². The molecule has 2 aromatic carbocycles. The van der Waals surface area contributed by atoms with Crippen molar-refractivity contribution in [2.24, 2.45) is 5.92 Å². The van der Waals surface area contributed by atoms with Crippen molar-refractivity contribution in [2.75, 3.05) is 46.0 Å². The molecule has 1 amide bonds. The molecule has 224 valence electrons. The summed E-state index contributed by atoms with van der Waals surface area (Å²) in [5.41, 5.74) is 1.18. The van der Waals surface area contributed by atoms with E-state index in [1.54, 1.807) is 29.2 Å². The van der Waals surface area contributed by atoms with Crippen molar-refractivity contribution in [3.05, 3.63) is 59.2 Å². The number of ether oxygens (including phenoxy) is 3. The Morgan fingerprint density at radius 3 is 2.24 bits per heavy atom. The lowest BCUT2D eigenvalue weighted by Crippen LogP contribution is -2.38. The molecule has 1 aliphatic rings. The van der Waals surface area contributed by atoms with Gasteiger partial charge in [0.1, 0.15) is 11.5 Å². The minimum atomic E-state index is -0.773. The number of aliphatic hydroxyl groups excluding tert-OH is 1. The summed E-state index contributed by atoms with van der Waals surface area (Å²) in [5.74, 6) is 0.794. The fourth-order valence-electron chi connectivity index (χ4n) is 4.82. The molecular formula is C33H46N2O6. The molecule has 1 fully saturated rings. The molecule has 1 heterocycles. The van der Waals surface area contributed by atoms with E-state index in [4.69, 9.17) is 14.2 Å². The number of hydrogen-bond acceptors (Lipinski definition) is 7. The zero-order valence-corrected chi connectivity index (χ0v) is 25.4. The van der Waals surface area contributed by atoms with Crippen LogP contribution in [0.1, 0.15) is 71.6 Å². The van der Waals surface area contributed by atoms with E-state index in [1.165, 1.54) is 0 Å². The second-order valence-electron chi connectivity index (χ2n) is 10.6. The molecule has 0 bridgehead atoms. The molecule has 0 radical (unpaired) electrons. The first-order valence-corrected chi connectivity index (χ1v) is 14.9. The van der Waals surface area contributed by atoms with Gasteiger partial charge >= 0.3 is 0 Å². The van der Waals surface area contributed by atoms with E-state index in [2.05, 4.69) is 32.6 Å². The van der Waals surface area contributed by atoms with Crippen LogP contribution in [0.2, 0.25) is 0 Å². The summed E-state index contributed by atoms with van der Waals surface area (Å²) in [5, 5.41) is 11.5. The van der Waals surface area contributed by atoms with Gasteiger partial charge in [0.05, 0.1) is 31.4 Å². The highest BCUT2D eigenvalue weighted by atomic mass is 16.5. The SMILES string of the molecule is CCCOc1ccc(/C(O)=C2\C(=O)C(=O)N(CCN(CC)CC)C2c2ccc(OCCC(C)C)c(OCC)c2)cc1. The van der Waals surface area contributed by atoms with Crippen LogP contribution >= 0.6 is 0 Å². The Morgan fingerprint density at radius 1 is 0.927 bits per heavy atom. The van der Waals surface area contributed by atoms with Crippen molar-refractivity contribution in [1.82, 2.24) is 9.80 Å². The van der Waals surface area contributed by atoms with Gasteiger partial charge < -0.3 is 29.1 Å². The monoisotopic (exact) mass is 566 g/mol. The smallest absolute Gasteiger partial charge is 0.295 e. The second kappa shape index (κ2) is 15.5. The number of aliphatic hydroxyl groups is 1. The fourth-order valence-corrected chi connectivity index (χ4v) is 4.82. The average Bonchev–Trinajstić information content (AvgIpc) is 3.22. The van der Waals surface area contributed by atoms with Gasteiger partial charge in [0, 0.05) is 18.7 Å². The summed E-state index contributed by atoms with van der Waals surface area (Å²) in [4.78, 5) is 30.7. The standard InChI is InChI=1S/C33H46N2O6/c1-7-20-40-26-14-11-24(12-15-26)31(36)29-30(35(33(38)32(29)37)19-18-34(8-2)9-3)25-13-16-27(28(22-25)39-10-4)41-21-17-23(5)6/h11-16,22-23,30,36H,7-10,17-21H2,1-6H3/b31-29+. The van der Waals surface area contributed by atoms with Gasteiger partial charge in [-0.1, -0.05) is 40.7 Å². The molecule has 1 unspecified atom stereocenters. The second-order valence-corrected chi connectivity index (χ2v) is 10.6. The lowest BCUT2D eigenvalue weighted by molar-refractivity contribution is -0.140. The lowest BCUT2D eigenvalue weighted by Gasteiger charge is -2.28. The van der Waals surface area contributed by atoms with Gasteiger partial charge in [-0.2, -0.15) is 0 Å². The number of carbonyl (C=O) groups excluding carboxylic acids is 2. The van der Waals surface area contributed by atoms with Crippen LogP contribution in [-0.2, 0) is 9.59 Å². The quantitative estimate of drug-likeness (QED) is 0.150. The number of likely N-dealkylation sites (tertiary alicyclic amines) is 1. The first kappa shape index (κ1) is 32.0. The number of likely N-dealkylation sites (N-methyl/N-ethyl adjacent to an activating group) is 1. The van der Waals surface area contributed by atoms with Crippen molar-refractivity contribution in [3.8, 4) is 17.2 Å². The van der Waals surface area contributed by atoms with Crippen molar-refractivity contribution >= 4 is 17.4 Å². The molecule has 3 rings (SSSR count). The molecule has 0 aliphatic carbocycles. The Hall–Kier alpha value is -3.52. The van der Waals surface area contributed by atoms with E-state index < -0.39 is 17.7 Å². The summed E-state index contributed by atoms with van der Waals surface area (Å²) in [6.45, 7) is 16.5. The number of rotatable bonds is 16. The number of hydrogen-bond donors (Lipinski definition) is 1. The molecule has 2 aromatic rings. The summed E-state index contributed by atoms with van der Waals surface area (Å²) in [6.07, 6.45) is 1.78. The topological polar surface area (TPSA) is 88.5 Å². The van der Waals surface area contributed by atoms with E-state index in [0.717, 1.165) is 25.9 Å². The van der Waals surface area contributed by atoms with Gasteiger partial charge in [0.15, 0.2) is 11.5 Å². The number of amides is 1. The number of carbonyl (C=O) groups is 2. The number of benzene rings is 2. The molecule has 41 heavy (non-hydrogen) atoms. The van der Waals surface area contributed by atoms with Crippen molar-refractivity contribution in [3.63, 3.8) is 0 Å². The Balaban J connectivity index is 2.07. The highest BCUT2D eigenvalue weighted by Crippen LogP contribution is 2.42. The first-order valence-electron chi connectivity index (χ1n) is 14.9. The molecule has 8 heteroatoms. The zero-order chi connectivity index (χ0) is 29.9. The zero-order valence-electron chi connectivity index (χ0n) is 25.4. The Bertz CT molecular complexity index is 1190. The molecule has 1 aliphatic heterocycles. The minimum Gasteiger partial charge on any atom is -0.507 e. The molecule has 8 nitrogen and oxygen atoms in total. The van der Waals surface area contributed by atoms with E-state index >= 15 is 0 Å². The van der Waals surface area contributed by atoms with Crippen LogP contribution in [0.5, 0.6) is 17.2 Å². The van der Waals surface area contributed by atoms with Gasteiger partial charge in [-0.3, -0.25) is 9.59 Å². The van der Waals surface area contributed by atoms with E-state index in [1.807, 2.05) is 32.0 Å². The molecular weight excluding hydrogens is 520 g/mol. The largest absolute Gasteiger partial charge is 0.507 e. The average molecular weight is 567 g/mol. The van der Waals surface area contributed by atoms with E-state index in [0.29, 0.717) is 67.2 Å². The molecule has 1 atom stereocenters. The first-order chi connectivity index (χ1) is 19.7. The summed E-state index contributed by atoms with van der Waals surface area (Å²) < 4.78 is 17.6. The maximum atomic E-state index is 13.5. The van der Waals surface area contributed by atoms with Crippen LogP contribution in [-0.4, -0.2) is 72.6 Å². The summed E-state index contributed by atoms with van der Waals surface area (Å²) in [7, 11) is 0. The van der Waals surface area contributed by atoms with E-state index in [9.17, 15) is 14.7 Å².